The molecule has 5 rings (SSSR count). The molecule has 168 valence electrons. The second-order valence-corrected chi connectivity index (χ2v) is 7.45. The van der Waals surface area contributed by atoms with E-state index in [0.717, 1.165) is 6.07 Å². The zero-order chi connectivity index (χ0) is 23.7. The van der Waals surface area contributed by atoms with Crippen molar-refractivity contribution in [1.82, 2.24) is 19.6 Å². The molecule has 2 aromatic carbocycles. The molecule has 0 unspecified atom stereocenters. The van der Waals surface area contributed by atoms with Gasteiger partial charge in [-0.15, -0.1) is 0 Å². The van der Waals surface area contributed by atoms with Gasteiger partial charge in [-0.25, -0.2) is 18.7 Å². The summed E-state index contributed by atoms with van der Waals surface area (Å²) < 4.78 is 35.1. The fourth-order valence-electron chi connectivity index (χ4n) is 3.39. The van der Waals surface area contributed by atoms with Gasteiger partial charge in [-0.2, -0.15) is 9.61 Å². The van der Waals surface area contributed by atoms with Crippen LogP contribution in [0.25, 0.3) is 16.9 Å². The van der Waals surface area contributed by atoms with Crippen LogP contribution in [0, 0.1) is 18.6 Å². The van der Waals surface area contributed by atoms with Gasteiger partial charge < -0.3 is 10.1 Å². The minimum absolute atomic E-state index is 0.0307. The summed E-state index contributed by atoms with van der Waals surface area (Å²) in [6, 6.07) is 18.2. The molecule has 0 fully saturated rings. The normalized spacial score (nSPS) is 10.9. The van der Waals surface area contributed by atoms with Gasteiger partial charge >= 0.3 is 0 Å². The first-order valence-corrected chi connectivity index (χ1v) is 10.3. The van der Waals surface area contributed by atoms with Crippen LogP contribution >= 0.6 is 0 Å². The topological polar surface area (TPSA) is 81.4 Å². The van der Waals surface area contributed by atoms with Crippen LogP contribution in [0.4, 0.5) is 14.5 Å². The summed E-state index contributed by atoms with van der Waals surface area (Å²) in [6.45, 7) is 1.80. The molecule has 3 aromatic heterocycles. The molecular weight excluding hydrogens is 440 g/mol. The van der Waals surface area contributed by atoms with E-state index in [1.807, 2.05) is 0 Å². The van der Waals surface area contributed by atoms with Gasteiger partial charge in [0.15, 0.2) is 17.2 Å². The molecule has 0 aliphatic rings. The van der Waals surface area contributed by atoms with Crippen LogP contribution in [0.2, 0.25) is 0 Å². The zero-order valence-corrected chi connectivity index (χ0v) is 17.9. The second-order valence-electron chi connectivity index (χ2n) is 7.45. The lowest BCUT2D eigenvalue weighted by atomic mass is 10.1. The molecule has 3 heterocycles. The van der Waals surface area contributed by atoms with Crippen LogP contribution in [-0.2, 0) is 0 Å². The molecule has 5 aromatic rings. The lowest BCUT2D eigenvalue weighted by molar-refractivity contribution is 0.102. The van der Waals surface area contributed by atoms with Gasteiger partial charge in [0.1, 0.15) is 11.5 Å². The number of anilines is 1. The number of pyridine rings is 1. The molecule has 0 aliphatic heterocycles. The Hall–Kier alpha value is -4.66. The number of aryl methyl sites for hydroxylation is 1. The number of amides is 1. The quantitative estimate of drug-likeness (QED) is 0.381. The fourth-order valence-corrected chi connectivity index (χ4v) is 3.39. The average molecular weight is 457 g/mol. The highest BCUT2D eigenvalue weighted by molar-refractivity contribution is 6.03. The molecule has 0 spiro atoms. The summed E-state index contributed by atoms with van der Waals surface area (Å²) in [6.07, 6.45) is 1.57. The lowest BCUT2D eigenvalue weighted by Gasteiger charge is -2.11. The van der Waals surface area contributed by atoms with Crippen molar-refractivity contribution in [3.05, 3.63) is 102 Å². The van der Waals surface area contributed by atoms with Gasteiger partial charge in [-0.3, -0.25) is 4.79 Å². The van der Waals surface area contributed by atoms with Gasteiger partial charge in [0, 0.05) is 35.1 Å². The predicted molar refractivity (Wildman–Crippen MR) is 122 cm³/mol. The van der Waals surface area contributed by atoms with Gasteiger partial charge in [-0.1, -0.05) is 6.07 Å². The summed E-state index contributed by atoms with van der Waals surface area (Å²) in [7, 11) is 0. The van der Waals surface area contributed by atoms with Crippen LogP contribution in [0.1, 0.15) is 16.2 Å². The van der Waals surface area contributed by atoms with E-state index in [-0.39, 0.29) is 22.9 Å². The van der Waals surface area contributed by atoms with Crippen molar-refractivity contribution in [2.45, 2.75) is 6.92 Å². The van der Waals surface area contributed by atoms with Crippen LogP contribution < -0.4 is 10.1 Å². The Morgan fingerprint density at radius 1 is 0.971 bits per heavy atom. The van der Waals surface area contributed by atoms with E-state index >= 15 is 0 Å². The Morgan fingerprint density at radius 2 is 1.79 bits per heavy atom. The van der Waals surface area contributed by atoms with E-state index in [1.54, 1.807) is 49.5 Å². The molecular formula is C25H17F2N5O2. The summed E-state index contributed by atoms with van der Waals surface area (Å²) in [5.74, 6) is -1.26. The highest BCUT2D eigenvalue weighted by Gasteiger charge is 2.14. The van der Waals surface area contributed by atoms with E-state index in [2.05, 4.69) is 20.4 Å². The van der Waals surface area contributed by atoms with E-state index in [1.165, 1.54) is 34.8 Å². The molecule has 0 aliphatic carbocycles. The van der Waals surface area contributed by atoms with Crippen molar-refractivity contribution >= 4 is 17.2 Å². The van der Waals surface area contributed by atoms with Crippen LogP contribution in [-0.4, -0.2) is 25.5 Å². The van der Waals surface area contributed by atoms with Gasteiger partial charge in [0.05, 0.1) is 11.9 Å². The van der Waals surface area contributed by atoms with Gasteiger partial charge in [-0.05, 0) is 55.5 Å². The number of carbonyl (C=O) groups is 1. The van der Waals surface area contributed by atoms with E-state index < -0.39 is 11.7 Å². The number of nitrogens with one attached hydrogen (secondary N) is 1. The van der Waals surface area contributed by atoms with Crippen molar-refractivity contribution in [2.75, 3.05) is 5.32 Å². The van der Waals surface area contributed by atoms with Gasteiger partial charge in [0.25, 0.3) is 5.91 Å². The molecule has 1 amide bonds. The summed E-state index contributed by atoms with van der Waals surface area (Å²) in [5, 5.41) is 6.76. The maximum atomic E-state index is 14.8. The molecule has 0 bridgehead atoms. The number of hydrogen-bond donors (Lipinski definition) is 1. The Kier molecular flexibility index (Phi) is 5.43. The Labute approximate surface area is 192 Å². The number of rotatable bonds is 5. The third-order valence-electron chi connectivity index (χ3n) is 4.98. The number of ether oxygens (including phenoxy) is 1. The van der Waals surface area contributed by atoms with Crippen molar-refractivity contribution < 1.29 is 18.3 Å². The molecule has 0 saturated carbocycles. The van der Waals surface area contributed by atoms with Crippen molar-refractivity contribution in [3.63, 3.8) is 0 Å². The van der Waals surface area contributed by atoms with Crippen molar-refractivity contribution in [1.29, 1.82) is 0 Å². The maximum absolute atomic E-state index is 14.8. The lowest BCUT2D eigenvalue weighted by Crippen LogP contribution is -2.14. The van der Waals surface area contributed by atoms with Gasteiger partial charge in [0.2, 0.25) is 5.88 Å². The Morgan fingerprint density at radius 3 is 2.59 bits per heavy atom. The fraction of sp³-hybridized carbons (Fsp3) is 0.0400. The average Bonchev–Trinajstić information content (AvgIpc) is 3.30. The number of carbonyl (C=O) groups excluding carboxylic acids is 1. The standard InChI is InChI=1S/C25H17F2N5O2/c1-15-13-24(32-23(29-15)11-12-28-32)34-22-10-9-18(14-19(22)27)30-25(33)21-4-2-3-20(31-21)16-5-7-17(26)8-6-16/h2-14H,1H3,(H,30,33). The van der Waals surface area contributed by atoms with Crippen LogP contribution in [0.15, 0.2) is 79.0 Å². The summed E-state index contributed by atoms with van der Waals surface area (Å²) in [4.78, 5) is 21.3. The highest BCUT2D eigenvalue weighted by atomic mass is 19.1. The van der Waals surface area contributed by atoms with E-state index in [9.17, 15) is 13.6 Å². The molecule has 34 heavy (non-hydrogen) atoms. The van der Waals surface area contributed by atoms with Crippen molar-refractivity contribution in [3.8, 4) is 22.9 Å². The number of benzene rings is 2. The molecule has 7 nitrogen and oxygen atoms in total. The molecule has 0 saturated heterocycles. The third kappa shape index (κ3) is 4.31. The minimum atomic E-state index is -0.666. The van der Waals surface area contributed by atoms with Crippen LogP contribution in [0.3, 0.4) is 0 Å². The Balaban J connectivity index is 1.34. The highest BCUT2D eigenvalue weighted by Crippen LogP contribution is 2.27. The first kappa shape index (κ1) is 21.2. The molecule has 9 heteroatoms. The minimum Gasteiger partial charge on any atom is -0.436 e. The number of aromatic nitrogens is 4. The Bertz CT molecular complexity index is 1520. The van der Waals surface area contributed by atoms with Crippen LogP contribution in [0.5, 0.6) is 11.6 Å². The number of fused-ring (bicyclic) bond motifs is 1. The molecule has 0 atom stereocenters. The third-order valence-corrected chi connectivity index (χ3v) is 4.98. The summed E-state index contributed by atoms with van der Waals surface area (Å²) >= 11 is 0. The zero-order valence-electron chi connectivity index (χ0n) is 17.9. The van der Waals surface area contributed by atoms with E-state index in [0.29, 0.717) is 28.5 Å². The number of hydrogen-bond acceptors (Lipinski definition) is 5. The SMILES string of the molecule is Cc1cc(Oc2ccc(NC(=O)c3cccc(-c4ccc(F)cc4)n3)cc2F)n2nccc2n1. The van der Waals surface area contributed by atoms with Crippen molar-refractivity contribution in [2.24, 2.45) is 0 Å². The second kappa shape index (κ2) is 8.70. The predicted octanol–water partition coefficient (Wildman–Crippen LogP) is 5.42. The number of nitrogens with zero attached hydrogens (tertiary/aromatic N) is 4. The molecule has 1 N–H and O–H groups in total. The monoisotopic (exact) mass is 457 g/mol. The summed E-state index contributed by atoms with van der Waals surface area (Å²) in [5.41, 5.74) is 2.83. The smallest absolute Gasteiger partial charge is 0.274 e. The first-order chi connectivity index (χ1) is 16.5. The first-order valence-electron chi connectivity index (χ1n) is 10.3. The number of halogens is 2. The maximum Gasteiger partial charge on any atom is 0.274 e. The molecule has 0 radical (unpaired) electrons. The van der Waals surface area contributed by atoms with E-state index in [4.69, 9.17) is 4.74 Å². The largest absolute Gasteiger partial charge is 0.436 e.